The van der Waals surface area contributed by atoms with Crippen LogP contribution in [0.1, 0.15) is 13.8 Å². The van der Waals surface area contributed by atoms with Crippen LogP contribution in [0, 0.1) is 0 Å². The number of carbonyl (C=O) groups is 2. The Balaban J connectivity index is -0.000000218. The van der Waals surface area contributed by atoms with E-state index in [0.717, 1.165) is 0 Å². The third kappa shape index (κ3) is 20.4. The Labute approximate surface area is 111 Å². The summed E-state index contributed by atoms with van der Waals surface area (Å²) in [6, 6.07) is 0. The molecule has 0 unspecified atom stereocenters. The molecule has 0 aliphatic heterocycles. The third-order valence-corrected chi connectivity index (χ3v) is 0.833. The molecular weight excluding hydrogens is 282 g/mol. The average Bonchev–Trinajstić information content (AvgIpc) is 2.20. The maximum atomic E-state index is 10.1. The fourth-order valence-electron chi connectivity index (χ4n) is 0.408. The molecule has 0 aliphatic rings. The van der Waals surface area contributed by atoms with Gasteiger partial charge in [-0.25, -0.2) is 0 Å². The van der Waals surface area contributed by atoms with Gasteiger partial charge < -0.3 is 30.1 Å². The quantitative estimate of drug-likeness (QED) is 0.172. The van der Waals surface area contributed by atoms with Crippen LogP contribution in [0.25, 0.3) is 11.1 Å². The molecule has 0 amide bonds. The minimum absolute atomic E-state index is 0. The SMILES string of the molecule is CCOC(=O)[C-]=[N+]=[N-].CCOC(=O)[C-]=[N+]=[N-].[Zn+2]. The summed E-state index contributed by atoms with van der Waals surface area (Å²) in [5.41, 5.74) is 15.4. The van der Waals surface area contributed by atoms with Crippen LogP contribution < -0.4 is 0 Å². The van der Waals surface area contributed by atoms with Crippen molar-refractivity contribution in [2.24, 2.45) is 0 Å². The minimum atomic E-state index is -0.755. The molecule has 17 heavy (non-hydrogen) atoms. The van der Waals surface area contributed by atoms with Crippen molar-refractivity contribution in [2.75, 3.05) is 13.2 Å². The summed E-state index contributed by atoms with van der Waals surface area (Å²) in [6.07, 6.45) is 3.33. The Hall–Kier alpha value is -1.68. The first-order chi connectivity index (χ1) is 7.62. The zero-order chi connectivity index (χ0) is 12.8. The van der Waals surface area contributed by atoms with Crippen molar-refractivity contribution >= 4 is 24.4 Å². The number of hydrogen-bond donors (Lipinski definition) is 0. The Morgan fingerprint density at radius 3 is 1.47 bits per heavy atom. The molecule has 0 aromatic rings. The van der Waals surface area contributed by atoms with Gasteiger partial charge >= 0.3 is 19.5 Å². The van der Waals surface area contributed by atoms with Gasteiger partial charge in [-0.3, -0.25) is 9.59 Å². The smallest absolute Gasteiger partial charge is 0.485 e. The van der Waals surface area contributed by atoms with Gasteiger partial charge in [-0.15, -0.1) is 0 Å². The molecule has 0 aromatic heterocycles. The summed E-state index contributed by atoms with van der Waals surface area (Å²) in [6.45, 7) is 3.83. The zero-order valence-corrected chi connectivity index (χ0v) is 12.5. The molecule has 0 bridgehead atoms. The van der Waals surface area contributed by atoms with E-state index in [4.69, 9.17) is 11.1 Å². The average molecular weight is 292 g/mol. The number of nitrogens with zero attached hydrogens (tertiary/aromatic N) is 4. The largest absolute Gasteiger partial charge is 2.00 e. The molecule has 0 radical (unpaired) electrons. The Morgan fingerprint density at radius 1 is 1.00 bits per heavy atom. The van der Waals surface area contributed by atoms with Gasteiger partial charge in [0.25, 0.3) is 0 Å². The van der Waals surface area contributed by atoms with E-state index in [9.17, 15) is 9.59 Å². The predicted octanol–water partition coefficient (Wildman–Crippen LogP) is -0.548. The topological polar surface area (TPSA) is 125 Å². The second-order valence-electron chi connectivity index (χ2n) is 1.86. The minimum Gasteiger partial charge on any atom is -0.485 e. The van der Waals surface area contributed by atoms with Crippen LogP contribution in [0.4, 0.5) is 0 Å². The molecule has 0 saturated carbocycles. The molecule has 9 heteroatoms. The second-order valence-corrected chi connectivity index (χ2v) is 1.86. The summed E-state index contributed by atoms with van der Waals surface area (Å²) in [5.74, 6) is -1.51. The van der Waals surface area contributed by atoms with Crippen LogP contribution in [0.2, 0.25) is 0 Å². The first-order valence-electron chi connectivity index (χ1n) is 4.16. The summed E-state index contributed by atoms with van der Waals surface area (Å²) >= 11 is 0. The van der Waals surface area contributed by atoms with E-state index in [1.807, 2.05) is 0 Å². The van der Waals surface area contributed by atoms with E-state index < -0.39 is 11.9 Å². The van der Waals surface area contributed by atoms with Gasteiger partial charge in [0, 0.05) is 0 Å². The summed E-state index contributed by atoms with van der Waals surface area (Å²) in [7, 11) is 0. The Bertz CT molecular complexity index is 289. The van der Waals surface area contributed by atoms with E-state index in [-0.39, 0.29) is 32.7 Å². The van der Waals surface area contributed by atoms with Crippen LogP contribution in [0.15, 0.2) is 0 Å². The molecule has 0 spiro atoms. The Morgan fingerprint density at radius 2 is 1.29 bits per heavy atom. The van der Waals surface area contributed by atoms with E-state index in [1.54, 1.807) is 26.3 Å². The second kappa shape index (κ2) is 16.7. The number of esters is 2. The molecule has 88 valence electrons. The van der Waals surface area contributed by atoms with Crippen molar-refractivity contribution in [2.45, 2.75) is 13.8 Å². The molecule has 0 N–H and O–H groups in total. The molecule has 0 aliphatic carbocycles. The number of carbonyl (C=O) groups excluding carboxylic acids is 2. The maximum Gasteiger partial charge on any atom is 2.00 e. The van der Waals surface area contributed by atoms with E-state index in [0.29, 0.717) is 0 Å². The van der Waals surface area contributed by atoms with Crippen LogP contribution in [-0.4, -0.2) is 47.2 Å². The van der Waals surface area contributed by atoms with E-state index in [2.05, 4.69) is 19.1 Å². The maximum absolute atomic E-state index is 10.1. The van der Waals surface area contributed by atoms with Crippen molar-refractivity contribution in [3.8, 4) is 0 Å². The standard InChI is InChI=1S/2C4H5N2O2.Zn/c2*1-2-8-4(7)3-6-5;/h2*2H2,1H3;/q2*-1;+2. The fraction of sp³-hybridized carbons (Fsp3) is 0.500. The Kier molecular flexibility index (Phi) is 20.4. The molecule has 0 saturated heterocycles. The zero-order valence-electron chi connectivity index (χ0n) is 9.54. The van der Waals surface area contributed by atoms with Crippen molar-refractivity contribution < 1.29 is 48.1 Å². The van der Waals surface area contributed by atoms with Crippen molar-refractivity contribution in [1.82, 2.24) is 0 Å². The summed E-state index contributed by atoms with van der Waals surface area (Å²) in [4.78, 5) is 24.8. The molecular formula is C8H10N4O4Zn. The van der Waals surface area contributed by atoms with E-state index in [1.165, 1.54) is 0 Å². The van der Waals surface area contributed by atoms with Crippen molar-refractivity contribution in [1.29, 1.82) is 0 Å². The number of ether oxygens (including phenoxy) is 2. The van der Waals surface area contributed by atoms with Gasteiger partial charge in [0.1, 0.15) is 0 Å². The van der Waals surface area contributed by atoms with Crippen LogP contribution in [-0.2, 0) is 38.5 Å². The molecule has 0 fully saturated rings. The van der Waals surface area contributed by atoms with Gasteiger partial charge in [-0.2, -0.15) is 0 Å². The first-order valence-corrected chi connectivity index (χ1v) is 4.16. The molecule has 0 aromatic carbocycles. The van der Waals surface area contributed by atoms with Crippen LogP contribution in [0.3, 0.4) is 0 Å². The molecule has 8 nitrogen and oxygen atoms in total. The van der Waals surface area contributed by atoms with Crippen molar-refractivity contribution in [3.05, 3.63) is 11.1 Å². The van der Waals surface area contributed by atoms with Crippen LogP contribution >= 0.6 is 0 Å². The summed E-state index contributed by atoms with van der Waals surface area (Å²) in [5, 5.41) is 0. The van der Waals surface area contributed by atoms with Crippen LogP contribution in [0.5, 0.6) is 0 Å². The molecule has 0 rings (SSSR count). The van der Waals surface area contributed by atoms with Gasteiger partial charge in [-0.05, 0) is 13.8 Å². The van der Waals surface area contributed by atoms with Crippen molar-refractivity contribution in [3.63, 3.8) is 0 Å². The fourth-order valence-corrected chi connectivity index (χ4v) is 0.408. The van der Waals surface area contributed by atoms with Gasteiger partial charge in [0.15, 0.2) is 0 Å². The summed E-state index contributed by atoms with van der Waals surface area (Å²) < 4.78 is 8.56. The van der Waals surface area contributed by atoms with Gasteiger partial charge in [-0.1, -0.05) is 0 Å². The monoisotopic (exact) mass is 290 g/mol. The van der Waals surface area contributed by atoms with E-state index >= 15 is 0 Å². The number of hydrogen-bond acceptors (Lipinski definition) is 4. The number of rotatable bonds is 4. The van der Waals surface area contributed by atoms with Gasteiger partial charge in [0.2, 0.25) is 11.9 Å². The first kappa shape index (κ1) is 20.7. The molecule has 0 heterocycles. The normalized spacial score (nSPS) is 6.71. The molecule has 0 atom stereocenters. The predicted molar refractivity (Wildman–Crippen MR) is 50.5 cm³/mol. The third-order valence-electron chi connectivity index (χ3n) is 0.833. The van der Waals surface area contributed by atoms with Gasteiger partial charge in [0.05, 0.1) is 25.6 Å².